The highest BCUT2D eigenvalue weighted by atomic mass is 16.3. The molecule has 1 aromatic carbocycles. The van der Waals surface area contributed by atoms with E-state index in [0.29, 0.717) is 0 Å². The molecule has 0 bridgehead atoms. The first-order valence-electron chi connectivity index (χ1n) is 5.01. The maximum Gasteiger partial charge on any atom is 0.147 e. The molecule has 82 valence electrons. The molecule has 0 aliphatic rings. The Labute approximate surface area is 94.2 Å². The molecule has 4 nitrogen and oxygen atoms in total. The predicted octanol–water partition coefficient (Wildman–Crippen LogP) is 1.82. The molecule has 1 heterocycles. The molecule has 1 aromatic heterocycles. The average molecular weight is 215 g/mol. The summed E-state index contributed by atoms with van der Waals surface area (Å²) in [6.45, 7) is 0.735. The molecule has 0 fully saturated rings. The number of hydrogen-bond acceptors (Lipinski definition) is 4. The van der Waals surface area contributed by atoms with Gasteiger partial charge in [0.2, 0.25) is 0 Å². The number of aromatic nitrogens is 2. The molecule has 0 aliphatic carbocycles. The van der Waals surface area contributed by atoms with E-state index in [1.807, 2.05) is 24.1 Å². The van der Waals surface area contributed by atoms with Crippen LogP contribution >= 0.6 is 0 Å². The van der Waals surface area contributed by atoms with Gasteiger partial charge in [-0.1, -0.05) is 12.1 Å². The van der Waals surface area contributed by atoms with Gasteiger partial charge in [0.25, 0.3) is 0 Å². The highest BCUT2D eigenvalue weighted by molar-refractivity contribution is 5.36. The van der Waals surface area contributed by atoms with Gasteiger partial charge >= 0.3 is 0 Å². The largest absolute Gasteiger partial charge is 0.508 e. The number of phenolic OH excluding ortho intramolecular Hbond substituents is 1. The van der Waals surface area contributed by atoms with Crippen molar-refractivity contribution in [1.82, 2.24) is 9.97 Å². The van der Waals surface area contributed by atoms with Crippen LogP contribution in [0.25, 0.3) is 0 Å². The minimum atomic E-state index is 0.283. The second-order valence-corrected chi connectivity index (χ2v) is 3.59. The van der Waals surface area contributed by atoms with Crippen LogP contribution < -0.4 is 4.90 Å². The van der Waals surface area contributed by atoms with Crippen molar-refractivity contribution in [2.45, 2.75) is 6.54 Å². The highest BCUT2D eigenvalue weighted by Crippen LogP contribution is 2.13. The number of phenols is 1. The molecular formula is C12H13N3O. The summed E-state index contributed by atoms with van der Waals surface area (Å²) in [5.41, 5.74) is 1.12. The van der Waals surface area contributed by atoms with Gasteiger partial charge in [0.05, 0.1) is 6.20 Å². The van der Waals surface area contributed by atoms with Gasteiger partial charge in [-0.2, -0.15) is 0 Å². The van der Waals surface area contributed by atoms with Crippen LogP contribution in [-0.4, -0.2) is 22.1 Å². The average Bonchev–Trinajstić information content (AvgIpc) is 2.33. The lowest BCUT2D eigenvalue weighted by molar-refractivity contribution is 0.475. The SMILES string of the molecule is CN(Cc1ccc(O)cc1)c1cnccn1. The van der Waals surface area contributed by atoms with Gasteiger partial charge in [0.1, 0.15) is 11.6 Å². The quantitative estimate of drug-likeness (QED) is 0.848. The first kappa shape index (κ1) is 10.4. The second-order valence-electron chi connectivity index (χ2n) is 3.59. The molecule has 2 rings (SSSR count). The van der Waals surface area contributed by atoms with Crippen LogP contribution in [0.3, 0.4) is 0 Å². The topological polar surface area (TPSA) is 49.2 Å². The Kier molecular flexibility index (Phi) is 3.00. The Morgan fingerprint density at radius 1 is 1.19 bits per heavy atom. The Morgan fingerprint density at radius 3 is 2.56 bits per heavy atom. The highest BCUT2D eigenvalue weighted by Gasteiger charge is 2.02. The summed E-state index contributed by atoms with van der Waals surface area (Å²) in [7, 11) is 1.96. The minimum absolute atomic E-state index is 0.283. The van der Waals surface area contributed by atoms with Crippen LogP contribution in [0, 0.1) is 0 Å². The molecule has 0 radical (unpaired) electrons. The van der Waals surface area contributed by atoms with Crippen molar-refractivity contribution in [3.63, 3.8) is 0 Å². The lowest BCUT2D eigenvalue weighted by atomic mass is 10.2. The van der Waals surface area contributed by atoms with Gasteiger partial charge in [-0.25, -0.2) is 4.98 Å². The van der Waals surface area contributed by atoms with Crippen molar-refractivity contribution < 1.29 is 5.11 Å². The van der Waals surface area contributed by atoms with E-state index in [0.717, 1.165) is 17.9 Å². The van der Waals surface area contributed by atoms with E-state index >= 15 is 0 Å². The van der Waals surface area contributed by atoms with E-state index < -0.39 is 0 Å². The summed E-state index contributed by atoms with van der Waals surface area (Å²) in [5, 5.41) is 9.17. The van der Waals surface area contributed by atoms with Crippen LogP contribution in [0.5, 0.6) is 5.75 Å². The van der Waals surface area contributed by atoms with Crippen molar-refractivity contribution in [3.8, 4) is 5.75 Å². The van der Waals surface area contributed by atoms with E-state index in [1.54, 1.807) is 30.7 Å². The van der Waals surface area contributed by atoms with E-state index in [4.69, 9.17) is 0 Å². The fraction of sp³-hybridized carbons (Fsp3) is 0.167. The molecular weight excluding hydrogens is 202 g/mol. The normalized spacial score (nSPS) is 10.1. The minimum Gasteiger partial charge on any atom is -0.508 e. The van der Waals surface area contributed by atoms with E-state index in [9.17, 15) is 5.11 Å². The van der Waals surface area contributed by atoms with Crippen molar-refractivity contribution in [1.29, 1.82) is 0 Å². The molecule has 0 unspecified atom stereocenters. The smallest absolute Gasteiger partial charge is 0.147 e. The Bertz CT molecular complexity index is 442. The summed E-state index contributed by atoms with van der Waals surface area (Å²) in [4.78, 5) is 10.2. The third kappa shape index (κ3) is 2.48. The zero-order chi connectivity index (χ0) is 11.4. The van der Waals surface area contributed by atoms with Gasteiger partial charge in [-0.15, -0.1) is 0 Å². The number of hydrogen-bond donors (Lipinski definition) is 1. The molecule has 4 heteroatoms. The number of nitrogens with zero attached hydrogens (tertiary/aromatic N) is 3. The fourth-order valence-corrected chi connectivity index (χ4v) is 1.44. The lowest BCUT2D eigenvalue weighted by Gasteiger charge is -2.17. The second kappa shape index (κ2) is 4.61. The third-order valence-corrected chi connectivity index (χ3v) is 2.30. The maximum absolute atomic E-state index is 9.17. The Hall–Kier alpha value is -2.10. The lowest BCUT2D eigenvalue weighted by Crippen LogP contribution is -2.17. The van der Waals surface area contributed by atoms with Crippen LogP contribution in [0.4, 0.5) is 5.82 Å². The Balaban J connectivity index is 2.08. The van der Waals surface area contributed by atoms with E-state index in [1.165, 1.54) is 0 Å². The molecule has 16 heavy (non-hydrogen) atoms. The summed E-state index contributed by atoms with van der Waals surface area (Å²) >= 11 is 0. The zero-order valence-corrected chi connectivity index (χ0v) is 9.04. The molecule has 0 amide bonds. The number of aromatic hydroxyl groups is 1. The van der Waals surface area contributed by atoms with Crippen LogP contribution in [0.2, 0.25) is 0 Å². The van der Waals surface area contributed by atoms with E-state index in [2.05, 4.69) is 9.97 Å². The van der Waals surface area contributed by atoms with Crippen LogP contribution in [0.15, 0.2) is 42.9 Å². The van der Waals surface area contributed by atoms with Gasteiger partial charge < -0.3 is 10.0 Å². The summed E-state index contributed by atoms with van der Waals surface area (Å²) in [5.74, 6) is 1.11. The van der Waals surface area contributed by atoms with Crippen molar-refractivity contribution in [2.24, 2.45) is 0 Å². The van der Waals surface area contributed by atoms with E-state index in [-0.39, 0.29) is 5.75 Å². The van der Waals surface area contributed by atoms with Crippen molar-refractivity contribution >= 4 is 5.82 Å². The third-order valence-electron chi connectivity index (χ3n) is 2.30. The Morgan fingerprint density at radius 2 is 1.94 bits per heavy atom. The summed E-state index contributed by atoms with van der Waals surface area (Å²) in [6.07, 6.45) is 5.04. The monoisotopic (exact) mass is 215 g/mol. The predicted molar refractivity (Wildman–Crippen MR) is 62.2 cm³/mol. The number of anilines is 1. The molecule has 0 saturated heterocycles. The summed E-state index contributed by atoms with van der Waals surface area (Å²) in [6, 6.07) is 7.14. The summed E-state index contributed by atoms with van der Waals surface area (Å²) < 4.78 is 0. The standard InChI is InChI=1S/C12H13N3O/c1-15(12-8-13-6-7-14-12)9-10-2-4-11(16)5-3-10/h2-8,16H,9H2,1H3. The molecule has 0 spiro atoms. The first-order valence-corrected chi connectivity index (χ1v) is 5.01. The number of benzene rings is 1. The number of rotatable bonds is 3. The van der Waals surface area contributed by atoms with Gasteiger partial charge in [0.15, 0.2) is 0 Å². The van der Waals surface area contributed by atoms with Crippen molar-refractivity contribution in [2.75, 3.05) is 11.9 Å². The maximum atomic E-state index is 9.17. The van der Waals surface area contributed by atoms with Crippen LogP contribution in [0.1, 0.15) is 5.56 Å². The molecule has 1 N–H and O–H groups in total. The molecule has 0 atom stereocenters. The van der Waals surface area contributed by atoms with Gasteiger partial charge in [-0.3, -0.25) is 4.98 Å². The van der Waals surface area contributed by atoms with Gasteiger partial charge in [-0.05, 0) is 17.7 Å². The first-order chi connectivity index (χ1) is 7.75. The van der Waals surface area contributed by atoms with Gasteiger partial charge in [0, 0.05) is 26.0 Å². The zero-order valence-electron chi connectivity index (χ0n) is 9.04. The molecule has 0 saturated carbocycles. The molecule has 0 aliphatic heterocycles. The molecule has 2 aromatic rings. The fourth-order valence-electron chi connectivity index (χ4n) is 1.44. The van der Waals surface area contributed by atoms with Crippen LogP contribution in [-0.2, 0) is 6.54 Å². The van der Waals surface area contributed by atoms with Crippen molar-refractivity contribution in [3.05, 3.63) is 48.4 Å².